The van der Waals surface area contributed by atoms with Crippen LogP contribution in [0.15, 0.2) is 30.5 Å². The molecular weight excluding hydrogens is 308 g/mol. The molecule has 0 fully saturated rings. The number of aryl methyl sites for hydroxylation is 3. The molecule has 1 aromatic carbocycles. The molecule has 1 heterocycles. The average molecular weight is 330 g/mol. The Kier molecular flexibility index (Phi) is 5.33. The van der Waals surface area contributed by atoms with Gasteiger partial charge in [0.15, 0.2) is 0 Å². The average Bonchev–Trinajstić information content (AvgIpc) is 2.88. The molecular formula is C17H22N4O3. The SMILES string of the molecule is Cc1ccc(N(C(=O)CCn2cc([N+](=O)[O-])nc2C)C(C)C)cc1. The molecule has 0 aliphatic heterocycles. The zero-order chi connectivity index (χ0) is 17.9. The number of rotatable bonds is 6. The lowest BCUT2D eigenvalue weighted by Gasteiger charge is -2.27. The second-order valence-electron chi connectivity index (χ2n) is 6.04. The summed E-state index contributed by atoms with van der Waals surface area (Å²) in [6, 6.07) is 7.84. The Balaban J connectivity index is 2.11. The van der Waals surface area contributed by atoms with Crippen molar-refractivity contribution in [2.24, 2.45) is 0 Å². The first kappa shape index (κ1) is 17.7. The Morgan fingerprint density at radius 1 is 1.29 bits per heavy atom. The van der Waals surface area contributed by atoms with Crippen molar-refractivity contribution in [2.75, 3.05) is 4.90 Å². The van der Waals surface area contributed by atoms with Crippen molar-refractivity contribution < 1.29 is 9.72 Å². The van der Waals surface area contributed by atoms with Crippen LogP contribution in [0, 0.1) is 24.0 Å². The molecule has 0 radical (unpaired) electrons. The fourth-order valence-electron chi connectivity index (χ4n) is 2.58. The van der Waals surface area contributed by atoms with Gasteiger partial charge in [-0.05, 0) is 42.8 Å². The minimum absolute atomic E-state index is 0.0235. The molecule has 7 nitrogen and oxygen atoms in total. The first-order valence-corrected chi connectivity index (χ1v) is 7.86. The first-order valence-electron chi connectivity index (χ1n) is 7.86. The lowest BCUT2D eigenvalue weighted by molar-refractivity contribution is -0.389. The first-order chi connectivity index (χ1) is 11.3. The number of imidazole rings is 1. The van der Waals surface area contributed by atoms with Crippen LogP contribution in [0.3, 0.4) is 0 Å². The van der Waals surface area contributed by atoms with Crippen LogP contribution in [0.1, 0.15) is 31.7 Å². The van der Waals surface area contributed by atoms with Crippen molar-refractivity contribution in [2.45, 2.75) is 46.7 Å². The van der Waals surface area contributed by atoms with Gasteiger partial charge < -0.3 is 19.6 Å². The fraction of sp³-hybridized carbons (Fsp3) is 0.412. The molecule has 128 valence electrons. The summed E-state index contributed by atoms with van der Waals surface area (Å²) in [5.41, 5.74) is 1.99. The van der Waals surface area contributed by atoms with E-state index in [9.17, 15) is 14.9 Å². The molecule has 0 atom stereocenters. The molecule has 7 heteroatoms. The highest BCUT2D eigenvalue weighted by molar-refractivity contribution is 5.93. The van der Waals surface area contributed by atoms with Gasteiger partial charge in [0.1, 0.15) is 6.20 Å². The Labute approximate surface area is 141 Å². The smallest absolute Gasteiger partial charge is 0.358 e. The van der Waals surface area contributed by atoms with Crippen molar-refractivity contribution in [1.29, 1.82) is 0 Å². The van der Waals surface area contributed by atoms with Crippen LogP contribution in [0.5, 0.6) is 0 Å². The highest BCUT2D eigenvalue weighted by Crippen LogP contribution is 2.20. The van der Waals surface area contributed by atoms with Gasteiger partial charge in [-0.2, -0.15) is 0 Å². The van der Waals surface area contributed by atoms with Crippen LogP contribution < -0.4 is 4.90 Å². The van der Waals surface area contributed by atoms with Gasteiger partial charge in [0.2, 0.25) is 11.7 Å². The molecule has 0 N–H and O–H groups in total. The van der Waals surface area contributed by atoms with E-state index in [0.717, 1.165) is 11.3 Å². The largest absolute Gasteiger partial charge is 0.381 e. The van der Waals surface area contributed by atoms with Crippen molar-refractivity contribution in [1.82, 2.24) is 9.55 Å². The zero-order valence-electron chi connectivity index (χ0n) is 14.4. The summed E-state index contributed by atoms with van der Waals surface area (Å²) in [5.74, 6) is 0.310. The van der Waals surface area contributed by atoms with Crippen LogP contribution in [0.2, 0.25) is 0 Å². The number of hydrogen-bond acceptors (Lipinski definition) is 4. The molecule has 2 aromatic rings. The van der Waals surface area contributed by atoms with Crippen molar-refractivity contribution in [3.63, 3.8) is 0 Å². The minimum Gasteiger partial charge on any atom is -0.358 e. The number of hydrogen-bond donors (Lipinski definition) is 0. The van der Waals surface area contributed by atoms with E-state index in [1.54, 1.807) is 16.4 Å². The molecule has 1 aromatic heterocycles. The summed E-state index contributed by atoms with van der Waals surface area (Å²) in [6.45, 7) is 7.98. The van der Waals surface area contributed by atoms with E-state index < -0.39 is 4.92 Å². The van der Waals surface area contributed by atoms with Gasteiger partial charge in [0, 0.05) is 31.6 Å². The molecule has 1 amide bonds. The van der Waals surface area contributed by atoms with E-state index >= 15 is 0 Å². The maximum absolute atomic E-state index is 12.7. The molecule has 0 saturated heterocycles. The van der Waals surface area contributed by atoms with E-state index in [1.165, 1.54) is 6.20 Å². The number of benzene rings is 1. The molecule has 0 bridgehead atoms. The summed E-state index contributed by atoms with van der Waals surface area (Å²) in [5, 5.41) is 10.8. The monoisotopic (exact) mass is 330 g/mol. The molecule has 0 unspecified atom stereocenters. The Bertz CT molecular complexity index is 735. The lowest BCUT2D eigenvalue weighted by Crippen LogP contribution is -2.37. The summed E-state index contributed by atoms with van der Waals surface area (Å²) in [7, 11) is 0. The molecule has 0 saturated carbocycles. The van der Waals surface area contributed by atoms with Crippen molar-refractivity contribution in [3.05, 3.63) is 52.0 Å². The van der Waals surface area contributed by atoms with Crippen LogP contribution in [-0.4, -0.2) is 26.4 Å². The number of anilines is 1. The van der Waals surface area contributed by atoms with Gasteiger partial charge in [0.05, 0.1) is 0 Å². The zero-order valence-corrected chi connectivity index (χ0v) is 14.4. The van der Waals surface area contributed by atoms with Crippen molar-refractivity contribution >= 4 is 17.4 Å². The Hall–Kier alpha value is -2.70. The summed E-state index contributed by atoms with van der Waals surface area (Å²) in [6.07, 6.45) is 1.62. The predicted octanol–water partition coefficient (Wildman–Crippen LogP) is 3.24. The van der Waals surface area contributed by atoms with E-state index in [2.05, 4.69) is 4.98 Å². The standard InChI is InChI=1S/C17H22N4O3/c1-12(2)20(15-7-5-13(3)6-8-15)17(22)9-10-19-11-16(21(23)24)18-14(19)4/h5-8,11-12H,9-10H2,1-4H3. The molecule has 0 aliphatic rings. The van der Waals surface area contributed by atoms with E-state index in [4.69, 9.17) is 0 Å². The van der Waals surface area contributed by atoms with Gasteiger partial charge in [-0.1, -0.05) is 17.7 Å². The van der Waals surface area contributed by atoms with Crippen LogP contribution in [-0.2, 0) is 11.3 Å². The Morgan fingerprint density at radius 3 is 2.42 bits per heavy atom. The fourth-order valence-corrected chi connectivity index (χ4v) is 2.58. The van der Waals surface area contributed by atoms with Gasteiger partial charge in [-0.3, -0.25) is 4.79 Å². The van der Waals surface area contributed by atoms with Crippen LogP contribution in [0.4, 0.5) is 11.5 Å². The van der Waals surface area contributed by atoms with Crippen LogP contribution >= 0.6 is 0 Å². The van der Waals surface area contributed by atoms with Crippen molar-refractivity contribution in [3.8, 4) is 0 Å². The van der Waals surface area contributed by atoms with Gasteiger partial charge in [-0.25, -0.2) is 0 Å². The van der Waals surface area contributed by atoms with E-state index in [-0.39, 0.29) is 24.2 Å². The number of carbonyl (C=O) groups is 1. The number of nitro groups is 1. The minimum atomic E-state index is -0.530. The maximum atomic E-state index is 12.7. The Morgan fingerprint density at radius 2 is 1.92 bits per heavy atom. The third kappa shape index (κ3) is 3.98. The molecule has 0 aliphatic carbocycles. The van der Waals surface area contributed by atoms with Gasteiger partial charge >= 0.3 is 5.82 Å². The number of carbonyl (C=O) groups excluding carboxylic acids is 1. The van der Waals surface area contributed by atoms with Gasteiger partial charge in [0.25, 0.3) is 0 Å². The number of amides is 1. The van der Waals surface area contributed by atoms with Gasteiger partial charge in [-0.15, -0.1) is 0 Å². The third-order valence-corrected chi connectivity index (χ3v) is 3.81. The summed E-state index contributed by atoms with van der Waals surface area (Å²) >= 11 is 0. The highest BCUT2D eigenvalue weighted by Gasteiger charge is 2.20. The molecule has 2 rings (SSSR count). The quantitative estimate of drug-likeness (QED) is 0.601. The molecule has 0 spiro atoms. The number of aromatic nitrogens is 2. The lowest BCUT2D eigenvalue weighted by atomic mass is 10.1. The topological polar surface area (TPSA) is 81.3 Å². The highest BCUT2D eigenvalue weighted by atomic mass is 16.6. The van der Waals surface area contributed by atoms with Crippen LogP contribution in [0.25, 0.3) is 0 Å². The van der Waals surface area contributed by atoms with E-state index in [1.807, 2.05) is 45.0 Å². The second-order valence-corrected chi connectivity index (χ2v) is 6.04. The summed E-state index contributed by atoms with van der Waals surface area (Å²) in [4.78, 5) is 28.5. The maximum Gasteiger partial charge on any atom is 0.381 e. The predicted molar refractivity (Wildman–Crippen MR) is 92.0 cm³/mol. The second kappa shape index (κ2) is 7.25. The van der Waals surface area contributed by atoms with E-state index in [0.29, 0.717) is 12.4 Å². The summed E-state index contributed by atoms with van der Waals surface area (Å²) < 4.78 is 1.64. The molecule has 24 heavy (non-hydrogen) atoms. The third-order valence-electron chi connectivity index (χ3n) is 3.81. The normalized spacial score (nSPS) is 10.9. The number of nitrogens with zero attached hydrogens (tertiary/aromatic N) is 4.